The van der Waals surface area contributed by atoms with E-state index in [0.29, 0.717) is 0 Å². The summed E-state index contributed by atoms with van der Waals surface area (Å²) in [6, 6.07) is 8.51. The molecule has 2 N–H and O–H groups in total. The molecule has 2 heteroatoms. The summed E-state index contributed by atoms with van der Waals surface area (Å²) in [5.41, 5.74) is 9.16. The average molecular weight is 234 g/mol. The standard InChI is InChI=1S/C15H26N2/c1-6-15(7-2,17(4)5)14(16)13-11-9-8-10-12(13)3/h8-11,14H,6-7,16H2,1-5H3. The molecule has 17 heavy (non-hydrogen) atoms. The van der Waals surface area contributed by atoms with Crippen molar-refractivity contribution in [1.82, 2.24) is 4.90 Å². The largest absolute Gasteiger partial charge is 0.322 e. The van der Waals surface area contributed by atoms with Gasteiger partial charge in [0.2, 0.25) is 0 Å². The lowest BCUT2D eigenvalue weighted by atomic mass is 9.79. The van der Waals surface area contributed by atoms with Crippen LogP contribution in [0.25, 0.3) is 0 Å². The van der Waals surface area contributed by atoms with E-state index in [0.717, 1.165) is 12.8 Å². The van der Waals surface area contributed by atoms with Crippen LogP contribution in [0.4, 0.5) is 0 Å². The van der Waals surface area contributed by atoms with Crippen LogP contribution in [0.1, 0.15) is 43.9 Å². The second-order valence-corrected chi connectivity index (χ2v) is 5.04. The van der Waals surface area contributed by atoms with Crippen molar-refractivity contribution < 1.29 is 0 Å². The van der Waals surface area contributed by atoms with Gasteiger partial charge in [0.05, 0.1) is 0 Å². The van der Waals surface area contributed by atoms with Gasteiger partial charge in [-0.2, -0.15) is 0 Å². The highest BCUT2D eigenvalue weighted by atomic mass is 15.2. The van der Waals surface area contributed by atoms with Gasteiger partial charge in [0.1, 0.15) is 0 Å². The summed E-state index contributed by atoms with van der Waals surface area (Å²) in [5, 5.41) is 0. The SMILES string of the molecule is CCC(CC)(C(N)c1ccccc1C)N(C)C. The lowest BCUT2D eigenvalue weighted by Crippen LogP contribution is -2.51. The summed E-state index contributed by atoms with van der Waals surface area (Å²) in [7, 11) is 4.26. The number of likely N-dealkylation sites (N-methyl/N-ethyl adjacent to an activating group) is 1. The zero-order valence-corrected chi connectivity index (χ0v) is 11.8. The molecule has 0 saturated carbocycles. The smallest absolute Gasteiger partial charge is 0.0484 e. The zero-order valence-electron chi connectivity index (χ0n) is 11.8. The molecule has 0 bridgehead atoms. The highest BCUT2D eigenvalue weighted by molar-refractivity contribution is 5.31. The van der Waals surface area contributed by atoms with Gasteiger partial charge in [-0.3, -0.25) is 0 Å². The van der Waals surface area contributed by atoms with Crippen LogP contribution < -0.4 is 5.73 Å². The molecule has 1 aromatic carbocycles. The molecule has 1 aromatic rings. The van der Waals surface area contributed by atoms with E-state index in [-0.39, 0.29) is 11.6 Å². The Balaban J connectivity index is 3.17. The molecule has 0 heterocycles. The third-order valence-electron chi connectivity index (χ3n) is 4.22. The fourth-order valence-corrected chi connectivity index (χ4v) is 2.83. The van der Waals surface area contributed by atoms with Crippen molar-refractivity contribution in [2.45, 2.75) is 45.2 Å². The number of nitrogens with two attached hydrogens (primary N) is 1. The lowest BCUT2D eigenvalue weighted by Gasteiger charge is -2.44. The first-order valence-electron chi connectivity index (χ1n) is 6.48. The van der Waals surface area contributed by atoms with Crippen molar-refractivity contribution in [3.8, 4) is 0 Å². The first-order chi connectivity index (χ1) is 7.99. The summed E-state index contributed by atoms with van der Waals surface area (Å²) in [6.07, 6.45) is 2.12. The molecule has 2 nitrogen and oxygen atoms in total. The van der Waals surface area contributed by atoms with E-state index in [4.69, 9.17) is 5.73 Å². The second-order valence-electron chi connectivity index (χ2n) is 5.04. The first-order valence-corrected chi connectivity index (χ1v) is 6.48. The van der Waals surface area contributed by atoms with Crippen molar-refractivity contribution in [2.75, 3.05) is 14.1 Å². The van der Waals surface area contributed by atoms with E-state index in [1.54, 1.807) is 0 Å². The van der Waals surface area contributed by atoms with E-state index in [1.807, 2.05) is 0 Å². The van der Waals surface area contributed by atoms with Gasteiger partial charge in [-0.15, -0.1) is 0 Å². The van der Waals surface area contributed by atoms with E-state index in [9.17, 15) is 0 Å². The maximum absolute atomic E-state index is 6.56. The van der Waals surface area contributed by atoms with Crippen molar-refractivity contribution >= 4 is 0 Å². The molecule has 0 radical (unpaired) electrons. The van der Waals surface area contributed by atoms with Gasteiger partial charge in [0, 0.05) is 11.6 Å². The van der Waals surface area contributed by atoms with Crippen LogP contribution in [0.5, 0.6) is 0 Å². The Bertz CT molecular complexity index is 354. The third kappa shape index (κ3) is 2.53. The molecule has 0 aliphatic rings. The minimum Gasteiger partial charge on any atom is -0.322 e. The molecule has 1 unspecified atom stereocenters. The van der Waals surface area contributed by atoms with Gasteiger partial charge in [-0.1, -0.05) is 38.1 Å². The number of nitrogens with zero attached hydrogens (tertiary/aromatic N) is 1. The molecule has 0 amide bonds. The molecule has 1 atom stereocenters. The summed E-state index contributed by atoms with van der Waals surface area (Å²) in [4.78, 5) is 2.28. The zero-order chi connectivity index (χ0) is 13.1. The van der Waals surface area contributed by atoms with E-state index in [1.165, 1.54) is 11.1 Å². The van der Waals surface area contributed by atoms with Crippen LogP contribution in [0, 0.1) is 6.92 Å². The van der Waals surface area contributed by atoms with Crippen LogP contribution in [0.2, 0.25) is 0 Å². The molecule has 0 aliphatic heterocycles. The van der Waals surface area contributed by atoms with E-state index < -0.39 is 0 Å². The Kier molecular flexibility index (Phi) is 4.72. The first kappa shape index (κ1) is 14.2. The Morgan fingerprint density at radius 2 is 1.71 bits per heavy atom. The second kappa shape index (κ2) is 5.65. The molecule has 0 saturated heterocycles. The molecule has 96 valence electrons. The number of benzene rings is 1. The molecule has 0 aliphatic carbocycles. The van der Waals surface area contributed by atoms with Gasteiger partial charge in [-0.25, -0.2) is 0 Å². The van der Waals surface area contributed by atoms with E-state index >= 15 is 0 Å². The normalized spacial score (nSPS) is 14.1. The molecule has 0 fully saturated rings. The summed E-state index contributed by atoms with van der Waals surface area (Å²) in [5.74, 6) is 0. The van der Waals surface area contributed by atoms with Crippen LogP contribution in [0.15, 0.2) is 24.3 Å². The Labute approximate surface area is 106 Å². The Morgan fingerprint density at radius 3 is 2.12 bits per heavy atom. The van der Waals surface area contributed by atoms with Crippen LogP contribution >= 0.6 is 0 Å². The Morgan fingerprint density at radius 1 is 1.18 bits per heavy atom. The topological polar surface area (TPSA) is 29.3 Å². The predicted molar refractivity (Wildman–Crippen MR) is 75.1 cm³/mol. The quantitative estimate of drug-likeness (QED) is 0.848. The van der Waals surface area contributed by atoms with Crippen molar-refractivity contribution in [3.05, 3.63) is 35.4 Å². The summed E-state index contributed by atoms with van der Waals surface area (Å²) in [6.45, 7) is 6.59. The number of aryl methyl sites for hydroxylation is 1. The Hall–Kier alpha value is -0.860. The minimum absolute atomic E-state index is 0.0477. The predicted octanol–water partition coefficient (Wildman–Crippen LogP) is 3.12. The summed E-state index contributed by atoms with van der Waals surface area (Å²) < 4.78 is 0. The third-order valence-corrected chi connectivity index (χ3v) is 4.22. The van der Waals surface area contributed by atoms with E-state index in [2.05, 4.69) is 64.0 Å². The van der Waals surface area contributed by atoms with Crippen LogP contribution in [-0.4, -0.2) is 24.5 Å². The van der Waals surface area contributed by atoms with Gasteiger partial charge >= 0.3 is 0 Å². The molecular formula is C15H26N2. The summed E-state index contributed by atoms with van der Waals surface area (Å²) >= 11 is 0. The lowest BCUT2D eigenvalue weighted by molar-refractivity contribution is 0.105. The van der Waals surface area contributed by atoms with Crippen molar-refractivity contribution in [2.24, 2.45) is 5.73 Å². The fraction of sp³-hybridized carbons (Fsp3) is 0.600. The maximum Gasteiger partial charge on any atom is 0.0484 e. The van der Waals surface area contributed by atoms with Gasteiger partial charge in [-0.05, 0) is 45.0 Å². The molecule has 0 aromatic heterocycles. The monoisotopic (exact) mass is 234 g/mol. The molecule has 0 spiro atoms. The van der Waals surface area contributed by atoms with Crippen molar-refractivity contribution in [1.29, 1.82) is 0 Å². The fourth-order valence-electron chi connectivity index (χ4n) is 2.83. The number of rotatable bonds is 5. The molecular weight excluding hydrogens is 208 g/mol. The number of hydrogen-bond acceptors (Lipinski definition) is 2. The molecule has 1 rings (SSSR count). The van der Waals surface area contributed by atoms with Crippen LogP contribution in [0.3, 0.4) is 0 Å². The highest BCUT2D eigenvalue weighted by Crippen LogP contribution is 2.35. The average Bonchev–Trinajstić information content (AvgIpc) is 2.31. The van der Waals surface area contributed by atoms with Gasteiger partial charge in [0.25, 0.3) is 0 Å². The maximum atomic E-state index is 6.56. The highest BCUT2D eigenvalue weighted by Gasteiger charge is 2.36. The van der Waals surface area contributed by atoms with Crippen molar-refractivity contribution in [3.63, 3.8) is 0 Å². The number of hydrogen-bond donors (Lipinski definition) is 1. The minimum atomic E-state index is 0.0477. The van der Waals surface area contributed by atoms with Crippen LogP contribution in [-0.2, 0) is 0 Å². The van der Waals surface area contributed by atoms with Gasteiger partial charge in [0.15, 0.2) is 0 Å². The van der Waals surface area contributed by atoms with Gasteiger partial charge < -0.3 is 10.6 Å².